The summed E-state index contributed by atoms with van der Waals surface area (Å²) in [5.74, 6) is 0.774. The minimum absolute atomic E-state index is 0.0767. The van der Waals surface area contributed by atoms with Gasteiger partial charge in [-0.25, -0.2) is 0 Å². The second-order valence-corrected chi connectivity index (χ2v) is 5.24. The Bertz CT molecular complexity index is 282. The summed E-state index contributed by atoms with van der Waals surface area (Å²) in [7, 11) is 0. The lowest BCUT2D eigenvalue weighted by molar-refractivity contribution is -0.123. The van der Waals surface area contributed by atoms with E-state index in [9.17, 15) is 4.79 Å². The van der Waals surface area contributed by atoms with Crippen LogP contribution in [0.4, 0.5) is 0 Å². The fourth-order valence-electron chi connectivity index (χ4n) is 2.59. The van der Waals surface area contributed by atoms with Gasteiger partial charge >= 0.3 is 0 Å². The molecule has 1 aliphatic carbocycles. The van der Waals surface area contributed by atoms with Crippen molar-refractivity contribution in [2.75, 3.05) is 6.54 Å². The SMILES string of the molecule is CCCC(C#N)C(=O)NCC1CCCCC1C. The van der Waals surface area contributed by atoms with Crippen molar-refractivity contribution in [1.29, 1.82) is 5.26 Å². The molecule has 1 amide bonds. The van der Waals surface area contributed by atoms with Gasteiger partial charge in [0.15, 0.2) is 0 Å². The van der Waals surface area contributed by atoms with E-state index >= 15 is 0 Å². The molecule has 1 N–H and O–H groups in total. The van der Waals surface area contributed by atoms with Crippen LogP contribution in [0, 0.1) is 29.1 Å². The van der Waals surface area contributed by atoms with E-state index in [1.807, 2.05) is 6.92 Å². The van der Waals surface area contributed by atoms with Gasteiger partial charge in [0, 0.05) is 6.54 Å². The minimum Gasteiger partial charge on any atom is -0.355 e. The lowest BCUT2D eigenvalue weighted by atomic mass is 9.80. The zero-order valence-corrected chi connectivity index (χ0v) is 11.0. The molecule has 3 unspecified atom stereocenters. The normalized spacial score (nSPS) is 25.9. The number of nitrogens with one attached hydrogen (secondary N) is 1. The van der Waals surface area contributed by atoms with E-state index in [0.717, 1.165) is 13.0 Å². The van der Waals surface area contributed by atoms with E-state index in [1.165, 1.54) is 25.7 Å². The van der Waals surface area contributed by atoms with Gasteiger partial charge < -0.3 is 5.32 Å². The van der Waals surface area contributed by atoms with Crippen LogP contribution in [0.15, 0.2) is 0 Å². The smallest absolute Gasteiger partial charge is 0.237 e. The predicted molar refractivity (Wildman–Crippen MR) is 68.1 cm³/mol. The average molecular weight is 236 g/mol. The second-order valence-electron chi connectivity index (χ2n) is 5.24. The summed E-state index contributed by atoms with van der Waals surface area (Å²) in [4.78, 5) is 11.8. The molecule has 0 aromatic heterocycles. The van der Waals surface area contributed by atoms with Crippen LogP contribution in [-0.2, 0) is 4.79 Å². The van der Waals surface area contributed by atoms with Gasteiger partial charge in [0.1, 0.15) is 5.92 Å². The summed E-state index contributed by atoms with van der Waals surface area (Å²) in [6.45, 7) is 5.02. The third-order valence-corrected chi connectivity index (χ3v) is 3.88. The minimum atomic E-state index is -0.459. The highest BCUT2D eigenvalue weighted by Crippen LogP contribution is 2.28. The molecule has 0 radical (unpaired) electrons. The van der Waals surface area contributed by atoms with Gasteiger partial charge in [0.05, 0.1) is 6.07 Å². The first-order valence-electron chi connectivity index (χ1n) is 6.86. The molecule has 3 atom stereocenters. The van der Waals surface area contributed by atoms with Gasteiger partial charge in [-0.2, -0.15) is 5.26 Å². The van der Waals surface area contributed by atoms with E-state index in [4.69, 9.17) is 5.26 Å². The van der Waals surface area contributed by atoms with Crippen LogP contribution in [0.25, 0.3) is 0 Å². The van der Waals surface area contributed by atoms with Crippen molar-refractivity contribution in [3.05, 3.63) is 0 Å². The quantitative estimate of drug-likeness (QED) is 0.798. The molecule has 1 saturated carbocycles. The number of carbonyl (C=O) groups is 1. The first-order chi connectivity index (χ1) is 8.19. The van der Waals surface area contributed by atoms with Gasteiger partial charge in [0.2, 0.25) is 5.91 Å². The van der Waals surface area contributed by atoms with E-state index in [-0.39, 0.29) is 5.91 Å². The van der Waals surface area contributed by atoms with E-state index in [0.29, 0.717) is 18.3 Å². The Morgan fingerprint density at radius 1 is 1.47 bits per heavy atom. The highest BCUT2D eigenvalue weighted by atomic mass is 16.1. The number of nitriles is 1. The molecule has 17 heavy (non-hydrogen) atoms. The Labute approximate surface area is 105 Å². The summed E-state index contributed by atoms with van der Waals surface area (Å²) in [5.41, 5.74) is 0. The Morgan fingerprint density at radius 2 is 2.18 bits per heavy atom. The largest absolute Gasteiger partial charge is 0.355 e. The molecule has 3 nitrogen and oxygen atoms in total. The summed E-state index contributed by atoms with van der Waals surface area (Å²) >= 11 is 0. The molecule has 1 aliphatic rings. The lowest BCUT2D eigenvalue weighted by Gasteiger charge is -2.29. The van der Waals surface area contributed by atoms with Crippen LogP contribution < -0.4 is 5.32 Å². The van der Waals surface area contributed by atoms with Crippen molar-refractivity contribution in [1.82, 2.24) is 5.32 Å². The molecule has 3 heteroatoms. The fraction of sp³-hybridized carbons (Fsp3) is 0.857. The molecule has 0 bridgehead atoms. The number of nitrogens with zero attached hydrogens (tertiary/aromatic N) is 1. The van der Waals surface area contributed by atoms with Crippen molar-refractivity contribution >= 4 is 5.91 Å². The Kier molecular flexibility index (Phi) is 6.04. The van der Waals surface area contributed by atoms with Gasteiger partial charge in [-0.15, -0.1) is 0 Å². The van der Waals surface area contributed by atoms with Crippen molar-refractivity contribution in [3.63, 3.8) is 0 Å². The van der Waals surface area contributed by atoms with Crippen LogP contribution in [-0.4, -0.2) is 12.5 Å². The van der Waals surface area contributed by atoms with Crippen LogP contribution >= 0.6 is 0 Å². The molecule has 0 aliphatic heterocycles. The highest BCUT2D eigenvalue weighted by Gasteiger charge is 2.23. The molecular weight excluding hydrogens is 212 g/mol. The Balaban J connectivity index is 2.33. The molecule has 0 aromatic rings. The fourth-order valence-corrected chi connectivity index (χ4v) is 2.59. The molecule has 0 heterocycles. The lowest BCUT2D eigenvalue weighted by Crippen LogP contribution is -2.36. The average Bonchev–Trinajstić information content (AvgIpc) is 2.34. The number of amides is 1. The maximum atomic E-state index is 11.8. The topological polar surface area (TPSA) is 52.9 Å². The van der Waals surface area contributed by atoms with E-state index in [1.54, 1.807) is 0 Å². The van der Waals surface area contributed by atoms with E-state index in [2.05, 4.69) is 18.3 Å². The first-order valence-corrected chi connectivity index (χ1v) is 6.86. The summed E-state index contributed by atoms with van der Waals surface area (Å²) in [6, 6.07) is 2.09. The predicted octanol–water partition coefficient (Wildman–Crippen LogP) is 2.87. The number of hydrogen-bond donors (Lipinski definition) is 1. The maximum Gasteiger partial charge on any atom is 0.237 e. The van der Waals surface area contributed by atoms with Gasteiger partial charge in [-0.1, -0.05) is 39.5 Å². The zero-order valence-electron chi connectivity index (χ0n) is 11.0. The monoisotopic (exact) mass is 236 g/mol. The van der Waals surface area contributed by atoms with Crippen LogP contribution in [0.5, 0.6) is 0 Å². The molecule has 0 spiro atoms. The maximum absolute atomic E-state index is 11.8. The number of hydrogen-bond acceptors (Lipinski definition) is 2. The van der Waals surface area contributed by atoms with Crippen molar-refractivity contribution in [2.45, 2.75) is 52.4 Å². The van der Waals surface area contributed by atoms with Crippen LogP contribution in [0.3, 0.4) is 0 Å². The molecule has 96 valence electrons. The van der Waals surface area contributed by atoms with Gasteiger partial charge in [-0.3, -0.25) is 4.79 Å². The third kappa shape index (κ3) is 4.38. The Morgan fingerprint density at radius 3 is 2.76 bits per heavy atom. The van der Waals surface area contributed by atoms with Crippen molar-refractivity contribution < 1.29 is 4.79 Å². The molecule has 1 rings (SSSR count). The molecule has 0 aromatic carbocycles. The number of rotatable bonds is 5. The molecule has 1 fully saturated rings. The molecular formula is C14H24N2O. The zero-order chi connectivity index (χ0) is 12.7. The van der Waals surface area contributed by atoms with E-state index < -0.39 is 5.92 Å². The standard InChI is InChI=1S/C14H24N2O/c1-3-6-12(9-15)14(17)16-10-13-8-5-4-7-11(13)2/h11-13H,3-8,10H2,1-2H3,(H,16,17). The highest BCUT2D eigenvalue weighted by molar-refractivity contribution is 5.80. The number of carbonyl (C=O) groups excluding carboxylic acids is 1. The van der Waals surface area contributed by atoms with Crippen LogP contribution in [0.1, 0.15) is 52.4 Å². The summed E-state index contributed by atoms with van der Waals surface area (Å²) in [6.07, 6.45) is 6.64. The van der Waals surface area contributed by atoms with Crippen molar-refractivity contribution in [2.24, 2.45) is 17.8 Å². The molecule has 0 saturated heterocycles. The van der Waals surface area contributed by atoms with Crippen molar-refractivity contribution in [3.8, 4) is 6.07 Å². The van der Waals surface area contributed by atoms with Gasteiger partial charge in [0.25, 0.3) is 0 Å². The van der Waals surface area contributed by atoms with Gasteiger partial charge in [-0.05, 0) is 24.7 Å². The van der Waals surface area contributed by atoms with Crippen LogP contribution in [0.2, 0.25) is 0 Å². The summed E-state index contributed by atoms with van der Waals surface area (Å²) in [5, 5.41) is 11.9. The Hall–Kier alpha value is -1.04. The second kappa shape index (κ2) is 7.32. The third-order valence-electron chi connectivity index (χ3n) is 3.88. The summed E-state index contributed by atoms with van der Waals surface area (Å²) < 4.78 is 0. The first kappa shape index (κ1) is 14.0.